The van der Waals surface area contributed by atoms with Crippen LogP contribution in [0.25, 0.3) is 0 Å². The normalized spacial score (nSPS) is 17.2. The minimum atomic E-state index is -3.79. The molecule has 3 N–H and O–H groups in total. The summed E-state index contributed by atoms with van der Waals surface area (Å²) in [5.74, 6) is -0.224. The van der Waals surface area contributed by atoms with Crippen molar-refractivity contribution in [3.8, 4) is 0 Å². The van der Waals surface area contributed by atoms with E-state index in [4.69, 9.17) is 5.73 Å². The van der Waals surface area contributed by atoms with Crippen molar-refractivity contribution < 1.29 is 12.8 Å². The summed E-state index contributed by atoms with van der Waals surface area (Å²) in [5, 5.41) is 0. The fourth-order valence-electron chi connectivity index (χ4n) is 2.69. The highest BCUT2D eigenvalue weighted by Crippen LogP contribution is 2.26. The average molecular weight is 300 g/mol. The zero-order valence-corrected chi connectivity index (χ0v) is 12.3. The van der Waals surface area contributed by atoms with Gasteiger partial charge in [0.1, 0.15) is 10.7 Å². The van der Waals surface area contributed by atoms with Crippen LogP contribution in [0.1, 0.15) is 38.5 Å². The van der Waals surface area contributed by atoms with Crippen molar-refractivity contribution in [1.29, 1.82) is 0 Å². The van der Waals surface area contributed by atoms with Gasteiger partial charge in [0.05, 0.1) is 0 Å². The largest absolute Gasteiger partial charge is 0.399 e. The molecule has 0 amide bonds. The molecule has 0 bridgehead atoms. The molecule has 0 aromatic heterocycles. The van der Waals surface area contributed by atoms with Crippen LogP contribution in [0.4, 0.5) is 10.1 Å². The molecule has 6 heteroatoms. The molecule has 0 saturated heterocycles. The van der Waals surface area contributed by atoms with Crippen LogP contribution in [-0.4, -0.2) is 15.0 Å². The molecule has 0 atom stereocenters. The predicted molar refractivity (Wildman–Crippen MR) is 77.2 cm³/mol. The summed E-state index contributed by atoms with van der Waals surface area (Å²) >= 11 is 0. The van der Waals surface area contributed by atoms with Crippen LogP contribution in [-0.2, 0) is 10.0 Å². The van der Waals surface area contributed by atoms with E-state index >= 15 is 0 Å². The third-order valence-electron chi connectivity index (χ3n) is 3.81. The van der Waals surface area contributed by atoms with Crippen LogP contribution in [0.3, 0.4) is 0 Å². The Balaban J connectivity index is 1.93. The molecule has 1 aliphatic carbocycles. The Morgan fingerprint density at radius 1 is 1.25 bits per heavy atom. The number of anilines is 1. The van der Waals surface area contributed by atoms with Gasteiger partial charge >= 0.3 is 0 Å². The van der Waals surface area contributed by atoms with E-state index in [2.05, 4.69) is 4.72 Å². The van der Waals surface area contributed by atoms with E-state index in [1.165, 1.54) is 31.4 Å². The van der Waals surface area contributed by atoms with Crippen molar-refractivity contribution >= 4 is 15.7 Å². The first-order chi connectivity index (χ1) is 9.49. The van der Waals surface area contributed by atoms with Gasteiger partial charge in [0.15, 0.2) is 0 Å². The van der Waals surface area contributed by atoms with Crippen molar-refractivity contribution in [1.82, 2.24) is 4.72 Å². The van der Waals surface area contributed by atoms with Gasteiger partial charge in [-0.05, 0) is 30.5 Å². The number of nitrogens with two attached hydrogens (primary N) is 1. The second-order valence-electron chi connectivity index (χ2n) is 5.38. The molecule has 0 spiro atoms. The lowest BCUT2D eigenvalue weighted by Gasteiger charge is -2.21. The fourth-order valence-corrected chi connectivity index (χ4v) is 3.79. The van der Waals surface area contributed by atoms with Crippen LogP contribution in [0.5, 0.6) is 0 Å². The number of hydrogen-bond acceptors (Lipinski definition) is 3. The number of halogens is 1. The highest BCUT2D eigenvalue weighted by Gasteiger charge is 2.20. The standard InChI is InChI=1S/C14H21FN2O2S/c15-13-10-12(16)6-7-14(13)20(18,19)17-9-8-11-4-2-1-3-5-11/h6-7,10-11,17H,1-5,8-9,16H2. The molecular weight excluding hydrogens is 279 g/mol. The Morgan fingerprint density at radius 3 is 2.60 bits per heavy atom. The monoisotopic (exact) mass is 300 g/mol. The number of benzene rings is 1. The van der Waals surface area contributed by atoms with Gasteiger partial charge in [0.2, 0.25) is 10.0 Å². The van der Waals surface area contributed by atoms with E-state index in [1.54, 1.807) is 0 Å². The third-order valence-corrected chi connectivity index (χ3v) is 5.31. The molecule has 1 saturated carbocycles. The van der Waals surface area contributed by atoms with Crippen molar-refractivity contribution in [2.24, 2.45) is 5.92 Å². The van der Waals surface area contributed by atoms with E-state index in [9.17, 15) is 12.8 Å². The van der Waals surface area contributed by atoms with Gasteiger partial charge in [-0.25, -0.2) is 17.5 Å². The van der Waals surface area contributed by atoms with Crippen LogP contribution >= 0.6 is 0 Å². The maximum absolute atomic E-state index is 13.6. The fraction of sp³-hybridized carbons (Fsp3) is 0.571. The minimum Gasteiger partial charge on any atom is -0.399 e. The Kier molecular flexibility index (Phi) is 4.99. The predicted octanol–water partition coefficient (Wildman–Crippen LogP) is 2.66. The van der Waals surface area contributed by atoms with Gasteiger partial charge in [0, 0.05) is 12.2 Å². The van der Waals surface area contributed by atoms with Gasteiger partial charge in [0.25, 0.3) is 0 Å². The number of hydrogen-bond donors (Lipinski definition) is 2. The highest BCUT2D eigenvalue weighted by atomic mass is 32.2. The molecule has 0 unspecified atom stereocenters. The number of nitrogens with one attached hydrogen (secondary N) is 1. The Labute approximate surface area is 119 Å². The van der Waals surface area contributed by atoms with Crippen molar-refractivity contribution in [3.63, 3.8) is 0 Å². The molecule has 1 aliphatic rings. The molecule has 20 heavy (non-hydrogen) atoms. The summed E-state index contributed by atoms with van der Waals surface area (Å²) < 4.78 is 40.1. The SMILES string of the molecule is Nc1ccc(S(=O)(=O)NCCC2CCCCC2)c(F)c1. The summed E-state index contributed by atoms with van der Waals surface area (Å²) in [4.78, 5) is -0.338. The lowest BCUT2D eigenvalue weighted by molar-refractivity contribution is 0.339. The van der Waals surface area contributed by atoms with Crippen LogP contribution < -0.4 is 10.5 Å². The first-order valence-electron chi connectivity index (χ1n) is 7.04. The zero-order valence-electron chi connectivity index (χ0n) is 11.4. The molecule has 0 heterocycles. The van der Waals surface area contributed by atoms with Gasteiger partial charge in [-0.3, -0.25) is 0 Å². The van der Waals surface area contributed by atoms with Gasteiger partial charge in [-0.1, -0.05) is 32.1 Å². The van der Waals surface area contributed by atoms with E-state index < -0.39 is 15.8 Å². The number of rotatable bonds is 5. The highest BCUT2D eigenvalue weighted by molar-refractivity contribution is 7.89. The van der Waals surface area contributed by atoms with Gasteiger partial charge in [-0.15, -0.1) is 0 Å². The van der Waals surface area contributed by atoms with Crippen molar-refractivity contribution in [2.45, 2.75) is 43.4 Å². The molecule has 2 rings (SSSR count). The third kappa shape index (κ3) is 3.93. The summed E-state index contributed by atoms with van der Waals surface area (Å²) in [6.45, 7) is 0.358. The average Bonchev–Trinajstić information content (AvgIpc) is 2.39. The summed E-state index contributed by atoms with van der Waals surface area (Å²) in [5.41, 5.74) is 5.62. The zero-order chi connectivity index (χ0) is 14.6. The maximum Gasteiger partial charge on any atom is 0.243 e. The lowest BCUT2D eigenvalue weighted by Crippen LogP contribution is -2.27. The number of nitrogen functional groups attached to an aromatic ring is 1. The first kappa shape index (κ1) is 15.3. The van der Waals surface area contributed by atoms with Crippen molar-refractivity contribution in [2.75, 3.05) is 12.3 Å². The molecule has 1 fully saturated rings. The van der Waals surface area contributed by atoms with Gasteiger partial charge < -0.3 is 5.73 Å². The minimum absolute atomic E-state index is 0.212. The topological polar surface area (TPSA) is 72.2 Å². The lowest BCUT2D eigenvalue weighted by atomic mass is 9.87. The summed E-state index contributed by atoms with van der Waals surface area (Å²) in [7, 11) is -3.79. The van der Waals surface area contributed by atoms with Crippen LogP contribution in [0.15, 0.2) is 23.1 Å². The molecular formula is C14H21FN2O2S. The molecule has 1 aromatic carbocycles. The summed E-state index contributed by atoms with van der Waals surface area (Å²) in [6, 6.07) is 3.61. The number of sulfonamides is 1. The Morgan fingerprint density at radius 2 is 1.95 bits per heavy atom. The smallest absolute Gasteiger partial charge is 0.243 e. The molecule has 0 radical (unpaired) electrons. The molecule has 112 valence electrons. The van der Waals surface area contributed by atoms with E-state index in [-0.39, 0.29) is 10.6 Å². The maximum atomic E-state index is 13.6. The van der Waals surface area contributed by atoms with Crippen molar-refractivity contribution in [3.05, 3.63) is 24.0 Å². The van der Waals surface area contributed by atoms with Crippen LogP contribution in [0.2, 0.25) is 0 Å². The van der Waals surface area contributed by atoms with Crippen LogP contribution in [0, 0.1) is 11.7 Å². The molecule has 0 aliphatic heterocycles. The summed E-state index contributed by atoms with van der Waals surface area (Å²) in [6.07, 6.45) is 6.87. The second kappa shape index (κ2) is 6.54. The Bertz CT molecular complexity index is 554. The molecule has 4 nitrogen and oxygen atoms in total. The van der Waals surface area contributed by atoms with E-state index in [0.717, 1.165) is 25.3 Å². The van der Waals surface area contributed by atoms with E-state index in [0.29, 0.717) is 12.5 Å². The van der Waals surface area contributed by atoms with Gasteiger partial charge in [-0.2, -0.15) is 0 Å². The second-order valence-corrected chi connectivity index (χ2v) is 7.12. The molecule has 1 aromatic rings. The van der Waals surface area contributed by atoms with E-state index in [1.807, 2.05) is 0 Å². The Hall–Kier alpha value is -1.14. The quantitative estimate of drug-likeness (QED) is 0.821. The first-order valence-corrected chi connectivity index (χ1v) is 8.52.